The van der Waals surface area contributed by atoms with Crippen LogP contribution >= 0.6 is 11.6 Å². The van der Waals surface area contributed by atoms with E-state index in [4.69, 9.17) is 21.4 Å². The van der Waals surface area contributed by atoms with Crippen molar-refractivity contribution in [3.8, 4) is 5.75 Å². The number of methoxy groups -OCH3 is 1. The summed E-state index contributed by atoms with van der Waals surface area (Å²) in [5.41, 5.74) is 1.28. The molecule has 0 aliphatic heterocycles. The second kappa shape index (κ2) is 7.54. The van der Waals surface area contributed by atoms with E-state index in [0.29, 0.717) is 6.54 Å². The van der Waals surface area contributed by atoms with E-state index in [0.717, 1.165) is 5.57 Å². The maximum absolute atomic E-state index is 11.7. The normalized spacial score (nSPS) is 9.71. The molecule has 7 heteroatoms. The van der Waals surface area contributed by atoms with Crippen molar-refractivity contribution in [3.05, 3.63) is 34.4 Å². The highest BCUT2D eigenvalue weighted by Gasteiger charge is 2.15. The van der Waals surface area contributed by atoms with E-state index in [-0.39, 0.29) is 22.0 Å². The van der Waals surface area contributed by atoms with Crippen LogP contribution in [0.1, 0.15) is 24.2 Å². The molecule has 0 aromatic heterocycles. The van der Waals surface area contributed by atoms with Crippen LogP contribution in [0.3, 0.4) is 0 Å². The van der Waals surface area contributed by atoms with Gasteiger partial charge >= 0.3 is 12.0 Å². The first-order chi connectivity index (χ1) is 9.85. The van der Waals surface area contributed by atoms with E-state index in [1.165, 1.54) is 19.2 Å². The fraction of sp³-hybridized carbons (Fsp3) is 0.286. The quantitative estimate of drug-likeness (QED) is 0.729. The minimum atomic E-state index is -1.16. The Hall–Kier alpha value is -2.21. The summed E-state index contributed by atoms with van der Waals surface area (Å²) in [6.45, 7) is 4.23. The summed E-state index contributed by atoms with van der Waals surface area (Å²) in [5.74, 6) is -1.04. The van der Waals surface area contributed by atoms with Gasteiger partial charge in [0.2, 0.25) is 0 Å². The van der Waals surface area contributed by atoms with Gasteiger partial charge in [0.05, 0.1) is 17.8 Å². The van der Waals surface area contributed by atoms with Crippen molar-refractivity contribution in [2.24, 2.45) is 0 Å². The Bertz CT molecular complexity index is 581. The minimum Gasteiger partial charge on any atom is -0.496 e. The second-order valence-electron chi connectivity index (χ2n) is 4.45. The highest BCUT2D eigenvalue weighted by atomic mass is 35.5. The molecule has 0 atom stereocenters. The van der Waals surface area contributed by atoms with Crippen LogP contribution in [-0.2, 0) is 0 Å². The Labute approximate surface area is 127 Å². The average Bonchev–Trinajstić information content (AvgIpc) is 2.39. The van der Waals surface area contributed by atoms with Crippen molar-refractivity contribution in [1.29, 1.82) is 0 Å². The number of rotatable bonds is 5. The molecule has 3 N–H and O–H groups in total. The number of carbonyl (C=O) groups excluding carboxylic acids is 1. The number of urea groups is 1. The molecule has 0 unspecified atom stereocenters. The second-order valence-corrected chi connectivity index (χ2v) is 4.86. The Morgan fingerprint density at radius 2 is 2.05 bits per heavy atom. The Morgan fingerprint density at radius 1 is 1.38 bits per heavy atom. The predicted molar refractivity (Wildman–Crippen MR) is 81.4 cm³/mol. The zero-order valence-electron chi connectivity index (χ0n) is 12.0. The SMILES string of the molecule is COc1cc(NC(=O)NCC=C(C)C)c(Cl)cc1C(=O)O. The zero-order chi connectivity index (χ0) is 16.0. The van der Waals surface area contributed by atoms with Crippen LogP contribution in [0, 0.1) is 0 Å². The van der Waals surface area contributed by atoms with Crippen molar-refractivity contribution in [2.45, 2.75) is 13.8 Å². The third-order valence-corrected chi connectivity index (χ3v) is 2.85. The van der Waals surface area contributed by atoms with Gasteiger partial charge in [0, 0.05) is 12.6 Å². The monoisotopic (exact) mass is 312 g/mol. The van der Waals surface area contributed by atoms with E-state index in [1.807, 2.05) is 19.9 Å². The third kappa shape index (κ3) is 5.00. The molecular weight excluding hydrogens is 296 g/mol. The number of hydrogen-bond donors (Lipinski definition) is 3. The first kappa shape index (κ1) is 16.8. The van der Waals surface area contributed by atoms with E-state index < -0.39 is 12.0 Å². The molecule has 0 aliphatic rings. The Morgan fingerprint density at radius 3 is 2.57 bits per heavy atom. The maximum atomic E-state index is 11.7. The molecule has 6 nitrogen and oxygen atoms in total. The molecule has 21 heavy (non-hydrogen) atoms. The largest absolute Gasteiger partial charge is 0.496 e. The highest BCUT2D eigenvalue weighted by molar-refractivity contribution is 6.34. The standard InChI is InChI=1S/C14H17ClN2O4/c1-8(2)4-5-16-14(20)17-11-7-12(21-3)9(13(18)19)6-10(11)15/h4,6-7H,5H2,1-3H3,(H,18,19)(H2,16,17,20). The molecule has 0 saturated carbocycles. The van der Waals surface area contributed by atoms with Gasteiger partial charge < -0.3 is 20.5 Å². The number of nitrogens with one attached hydrogen (secondary N) is 2. The number of carboxylic acid groups (broad SMARTS) is 1. The number of amides is 2. The lowest BCUT2D eigenvalue weighted by atomic mass is 10.2. The molecule has 0 spiro atoms. The summed E-state index contributed by atoms with van der Waals surface area (Å²) in [6, 6.07) is 2.15. The van der Waals surface area contributed by atoms with E-state index in [2.05, 4.69) is 10.6 Å². The van der Waals surface area contributed by atoms with Crippen LogP contribution in [0.25, 0.3) is 0 Å². The van der Waals surface area contributed by atoms with Crippen molar-refractivity contribution < 1.29 is 19.4 Å². The number of ether oxygens (including phenoxy) is 1. The van der Waals surface area contributed by atoms with Gasteiger partial charge in [-0.2, -0.15) is 0 Å². The number of anilines is 1. The van der Waals surface area contributed by atoms with Gasteiger partial charge in [0.1, 0.15) is 11.3 Å². The van der Waals surface area contributed by atoms with Gasteiger partial charge in [-0.25, -0.2) is 9.59 Å². The first-order valence-electron chi connectivity index (χ1n) is 6.14. The van der Waals surface area contributed by atoms with Crippen LogP contribution in [0.5, 0.6) is 5.75 Å². The summed E-state index contributed by atoms with van der Waals surface area (Å²) in [4.78, 5) is 22.7. The third-order valence-electron chi connectivity index (χ3n) is 2.54. The number of benzene rings is 1. The van der Waals surface area contributed by atoms with Crippen molar-refractivity contribution in [3.63, 3.8) is 0 Å². The predicted octanol–water partition coefficient (Wildman–Crippen LogP) is 3.13. The first-order valence-corrected chi connectivity index (χ1v) is 6.52. The molecule has 0 bridgehead atoms. The average molecular weight is 313 g/mol. The molecule has 0 radical (unpaired) electrons. The number of allylic oxidation sites excluding steroid dienone is 1. The van der Waals surface area contributed by atoms with Crippen molar-refractivity contribution in [1.82, 2.24) is 5.32 Å². The number of halogens is 1. The number of carboxylic acids is 1. The lowest BCUT2D eigenvalue weighted by Crippen LogP contribution is -2.29. The van der Waals surface area contributed by atoms with Crippen molar-refractivity contribution in [2.75, 3.05) is 19.0 Å². The van der Waals surface area contributed by atoms with Crippen LogP contribution in [-0.4, -0.2) is 30.8 Å². The fourth-order valence-corrected chi connectivity index (χ4v) is 1.71. The molecule has 0 heterocycles. The Balaban J connectivity index is 2.86. The van der Waals surface area contributed by atoms with Gasteiger partial charge in [-0.15, -0.1) is 0 Å². The van der Waals surface area contributed by atoms with Gasteiger partial charge in [0.25, 0.3) is 0 Å². The summed E-state index contributed by atoms with van der Waals surface area (Å²) in [7, 11) is 1.34. The highest BCUT2D eigenvalue weighted by Crippen LogP contribution is 2.30. The van der Waals surface area contributed by atoms with Crippen molar-refractivity contribution >= 4 is 29.3 Å². The molecular formula is C14H17ClN2O4. The number of hydrogen-bond acceptors (Lipinski definition) is 3. The van der Waals surface area contributed by atoms with E-state index in [1.54, 1.807) is 0 Å². The van der Waals surface area contributed by atoms with Crippen LogP contribution in [0.4, 0.5) is 10.5 Å². The van der Waals surface area contributed by atoms with Gasteiger partial charge in [-0.1, -0.05) is 23.3 Å². The molecule has 0 fully saturated rings. The minimum absolute atomic E-state index is 0.0713. The van der Waals surface area contributed by atoms with E-state index in [9.17, 15) is 9.59 Å². The fourth-order valence-electron chi connectivity index (χ4n) is 1.50. The maximum Gasteiger partial charge on any atom is 0.339 e. The summed E-state index contributed by atoms with van der Waals surface area (Å²) in [6.07, 6.45) is 1.86. The van der Waals surface area contributed by atoms with Gasteiger partial charge in [-0.05, 0) is 19.9 Å². The van der Waals surface area contributed by atoms with Crippen LogP contribution in [0.15, 0.2) is 23.8 Å². The van der Waals surface area contributed by atoms with Gasteiger partial charge in [0.15, 0.2) is 0 Å². The summed E-state index contributed by atoms with van der Waals surface area (Å²) in [5, 5.41) is 14.3. The molecule has 1 aromatic carbocycles. The summed E-state index contributed by atoms with van der Waals surface area (Å²) < 4.78 is 4.98. The zero-order valence-corrected chi connectivity index (χ0v) is 12.7. The van der Waals surface area contributed by atoms with E-state index >= 15 is 0 Å². The lowest BCUT2D eigenvalue weighted by molar-refractivity contribution is 0.0693. The lowest BCUT2D eigenvalue weighted by Gasteiger charge is -2.12. The van der Waals surface area contributed by atoms with Crippen LogP contribution < -0.4 is 15.4 Å². The Kier molecular flexibility index (Phi) is 6.05. The number of carbonyl (C=O) groups is 2. The topological polar surface area (TPSA) is 87.7 Å². The molecule has 114 valence electrons. The molecule has 2 amide bonds. The molecule has 1 aromatic rings. The molecule has 0 aliphatic carbocycles. The smallest absolute Gasteiger partial charge is 0.339 e. The molecule has 1 rings (SSSR count). The molecule has 0 saturated heterocycles. The van der Waals surface area contributed by atoms with Gasteiger partial charge in [-0.3, -0.25) is 0 Å². The number of aromatic carboxylic acids is 1. The van der Waals surface area contributed by atoms with Crippen LogP contribution in [0.2, 0.25) is 5.02 Å². The summed E-state index contributed by atoms with van der Waals surface area (Å²) >= 11 is 5.96.